The molecule has 144 valence electrons. The summed E-state index contributed by atoms with van der Waals surface area (Å²) in [5.41, 5.74) is -0.246. The van der Waals surface area contributed by atoms with Gasteiger partial charge in [-0.05, 0) is 43.9 Å². The van der Waals surface area contributed by atoms with Crippen molar-refractivity contribution in [2.45, 2.75) is 37.5 Å². The van der Waals surface area contributed by atoms with Gasteiger partial charge in [-0.3, -0.25) is 4.79 Å². The van der Waals surface area contributed by atoms with E-state index in [1.807, 2.05) is 0 Å². The largest absolute Gasteiger partial charge is 0.381 e. The molecule has 0 aliphatic carbocycles. The zero-order valence-corrected chi connectivity index (χ0v) is 14.9. The van der Waals surface area contributed by atoms with Gasteiger partial charge in [0.15, 0.2) is 5.82 Å². The highest BCUT2D eigenvalue weighted by molar-refractivity contribution is 5.94. The lowest BCUT2D eigenvalue weighted by molar-refractivity contribution is 0.0690. The lowest BCUT2D eigenvalue weighted by Crippen LogP contribution is -2.39. The molecule has 0 N–H and O–H groups in total. The lowest BCUT2D eigenvalue weighted by atomic mass is 9.96. The maximum Gasteiger partial charge on any atom is 0.256 e. The number of carbonyl (C=O) groups is 1. The topological polar surface area (TPSA) is 68.5 Å². The van der Waals surface area contributed by atoms with Crippen LogP contribution in [-0.2, 0) is 4.74 Å². The number of halogens is 2. The molecule has 8 heteroatoms. The summed E-state index contributed by atoms with van der Waals surface area (Å²) in [5, 5.41) is 4.11. The van der Waals surface area contributed by atoms with Gasteiger partial charge in [0.1, 0.15) is 11.6 Å². The number of carbonyl (C=O) groups excluding carboxylic acids is 1. The number of ether oxygens (including phenoxy) is 1. The zero-order valence-electron chi connectivity index (χ0n) is 14.9. The fourth-order valence-corrected chi connectivity index (χ4v) is 3.73. The number of piperidine rings is 1. The minimum Gasteiger partial charge on any atom is -0.381 e. The molecular weight excluding hydrogens is 356 g/mol. The van der Waals surface area contributed by atoms with Crippen LogP contribution in [0.1, 0.15) is 59.6 Å². The van der Waals surface area contributed by atoms with Gasteiger partial charge in [0.2, 0.25) is 5.89 Å². The smallest absolute Gasteiger partial charge is 0.256 e. The molecule has 0 saturated carbocycles. The molecule has 6 nitrogen and oxygen atoms in total. The molecule has 2 aliphatic rings. The van der Waals surface area contributed by atoms with E-state index in [9.17, 15) is 13.6 Å². The van der Waals surface area contributed by atoms with Crippen molar-refractivity contribution < 1.29 is 22.8 Å². The SMILES string of the molecule is O=C(c1cc(F)ccc1F)N1CCC[C@H](c2nc(C3CCOCC3)no2)C1. The fraction of sp³-hybridized carbons (Fsp3) is 0.526. The molecule has 4 rings (SSSR count). The Labute approximate surface area is 155 Å². The maximum absolute atomic E-state index is 13.9. The zero-order chi connectivity index (χ0) is 18.8. The van der Waals surface area contributed by atoms with Gasteiger partial charge in [-0.2, -0.15) is 4.98 Å². The summed E-state index contributed by atoms with van der Waals surface area (Å²) in [7, 11) is 0. The lowest BCUT2D eigenvalue weighted by Gasteiger charge is -2.31. The number of aromatic nitrogens is 2. The Bertz CT molecular complexity index is 820. The highest BCUT2D eigenvalue weighted by Gasteiger charge is 2.31. The fourth-order valence-electron chi connectivity index (χ4n) is 3.73. The third-order valence-electron chi connectivity index (χ3n) is 5.26. The van der Waals surface area contributed by atoms with Crippen LogP contribution < -0.4 is 0 Å². The highest BCUT2D eigenvalue weighted by Crippen LogP contribution is 2.30. The molecule has 0 bridgehead atoms. The number of likely N-dealkylation sites (tertiary alicyclic amines) is 1. The summed E-state index contributed by atoms with van der Waals surface area (Å²) in [6.07, 6.45) is 3.29. The third-order valence-corrected chi connectivity index (χ3v) is 5.26. The van der Waals surface area contributed by atoms with Crippen molar-refractivity contribution in [3.63, 3.8) is 0 Å². The van der Waals surface area contributed by atoms with Crippen LogP contribution in [0.5, 0.6) is 0 Å². The maximum atomic E-state index is 13.9. The van der Waals surface area contributed by atoms with Crippen molar-refractivity contribution in [2.75, 3.05) is 26.3 Å². The van der Waals surface area contributed by atoms with E-state index in [0.29, 0.717) is 38.0 Å². The van der Waals surface area contributed by atoms with Crippen molar-refractivity contribution in [1.82, 2.24) is 15.0 Å². The van der Waals surface area contributed by atoms with E-state index in [1.54, 1.807) is 0 Å². The van der Waals surface area contributed by atoms with Crippen LogP contribution in [0.2, 0.25) is 0 Å². The van der Waals surface area contributed by atoms with Crippen LogP contribution >= 0.6 is 0 Å². The molecule has 27 heavy (non-hydrogen) atoms. The van der Waals surface area contributed by atoms with Gasteiger partial charge >= 0.3 is 0 Å². The number of nitrogens with zero attached hydrogens (tertiary/aromatic N) is 3. The number of hydrogen-bond acceptors (Lipinski definition) is 5. The van der Waals surface area contributed by atoms with E-state index >= 15 is 0 Å². The molecule has 2 aliphatic heterocycles. The Kier molecular flexibility index (Phi) is 5.15. The van der Waals surface area contributed by atoms with E-state index in [4.69, 9.17) is 9.26 Å². The molecular formula is C19H21F2N3O3. The Balaban J connectivity index is 1.47. The molecule has 2 fully saturated rings. The molecule has 1 amide bonds. The second-order valence-electron chi connectivity index (χ2n) is 7.09. The third kappa shape index (κ3) is 3.85. The summed E-state index contributed by atoms with van der Waals surface area (Å²) in [6, 6.07) is 2.92. The van der Waals surface area contributed by atoms with Crippen LogP contribution in [0.3, 0.4) is 0 Å². The first-order valence-corrected chi connectivity index (χ1v) is 9.27. The van der Waals surface area contributed by atoms with Crippen molar-refractivity contribution in [2.24, 2.45) is 0 Å². The Morgan fingerprint density at radius 1 is 1.15 bits per heavy atom. The molecule has 1 aromatic carbocycles. The summed E-state index contributed by atoms with van der Waals surface area (Å²) in [6.45, 7) is 2.23. The van der Waals surface area contributed by atoms with E-state index in [2.05, 4.69) is 10.1 Å². The minimum atomic E-state index is -0.719. The van der Waals surface area contributed by atoms with Crippen LogP contribution in [0.25, 0.3) is 0 Å². The molecule has 0 unspecified atom stereocenters. The van der Waals surface area contributed by atoms with E-state index in [-0.39, 0.29) is 17.4 Å². The highest BCUT2D eigenvalue weighted by atomic mass is 19.1. The molecule has 0 spiro atoms. The normalized spacial score (nSPS) is 21.4. The van der Waals surface area contributed by atoms with Gasteiger partial charge in [-0.25, -0.2) is 8.78 Å². The molecule has 3 heterocycles. The van der Waals surface area contributed by atoms with E-state index in [1.165, 1.54) is 4.90 Å². The molecule has 2 saturated heterocycles. The average molecular weight is 377 g/mol. The first-order chi connectivity index (χ1) is 13.1. The van der Waals surface area contributed by atoms with Gasteiger partial charge < -0.3 is 14.2 Å². The van der Waals surface area contributed by atoms with Gasteiger partial charge in [0.05, 0.1) is 11.5 Å². The number of amides is 1. The van der Waals surface area contributed by atoms with Crippen molar-refractivity contribution in [3.8, 4) is 0 Å². The summed E-state index contributed by atoms with van der Waals surface area (Å²) >= 11 is 0. The Morgan fingerprint density at radius 2 is 1.96 bits per heavy atom. The predicted molar refractivity (Wildman–Crippen MR) is 91.3 cm³/mol. The molecule has 1 aromatic heterocycles. The Hall–Kier alpha value is -2.35. The average Bonchev–Trinajstić information content (AvgIpc) is 3.20. The number of hydrogen-bond donors (Lipinski definition) is 0. The van der Waals surface area contributed by atoms with E-state index < -0.39 is 17.5 Å². The van der Waals surface area contributed by atoms with Gasteiger partial charge in [-0.1, -0.05) is 5.16 Å². The first-order valence-electron chi connectivity index (χ1n) is 9.27. The number of benzene rings is 1. The van der Waals surface area contributed by atoms with E-state index in [0.717, 1.165) is 43.9 Å². The molecule has 0 radical (unpaired) electrons. The standard InChI is InChI=1S/C19H21F2N3O3/c20-14-3-4-16(21)15(10-14)19(25)24-7-1-2-13(11-24)18-22-17(23-27-18)12-5-8-26-9-6-12/h3-4,10,12-13H,1-2,5-9,11H2/t13-/m0/s1. The summed E-state index contributed by atoms with van der Waals surface area (Å²) in [4.78, 5) is 18.7. The predicted octanol–water partition coefficient (Wildman–Crippen LogP) is 3.26. The van der Waals surface area contributed by atoms with Crippen LogP contribution in [0.15, 0.2) is 22.7 Å². The van der Waals surface area contributed by atoms with Crippen LogP contribution in [-0.4, -0.2) is 47.3 Å². The van der Waals surface area contributed by atoms with Gasteiger partial charge in [-0.15, -0.1) is 0 Å². The van der Waals surface area contributed by atoms with Gasteiger partial charge in [0, 0.05) is 32.2 Å². The quantitative estimate of drug-likeness (QED) is 0.821. The molecule has 1 atom stereocenters. The van der Waals surface area contributed by atoms with Crippen molar-refractivity contribution in [3.05, 3.63) is 47.1 Å². The van der Waals surface area contributed by atoms with Crippen molar-refractivity contribution >= 4 is 5.91 Å². The van der Waals surface area contributed by atoms with Gasteiger partial charge in [0.25, 0.3) is 5.91 Å². The monoisotopic (exact) mass is 377 g/mol. The minimum absolute atomic E-state index is 0.0968. The Morgan fingerprint density at radius 3 is 2.78 bits per heavy atom. The number of rotatable bonds is 3. The second kappa shape index (κ2) is 7.72. The van der Waals surface area contributed by atoms with Crippen LogP contribution in [0.4, 0.5) is 8.78 Å². The van der Waals surface area contributed by atoms with Crippen LogP contribution in [0, 0.1) is 11.6 Å². The second-order valence-corrected chi connectivity index (χ2v) is 7.09. The first kappa shape index (κ1) is 18.0. The van der Waals surface area contributed by atoms with Crippen molar-refractivity contribution in [1.29, 1.82) is 0 Å². The molecule has 2 aromatic rings. The summed E-state index contributed by atoms with van der Waals surface area (Å²) < 4.78 is 38.2. The summed E-state index contributed by atoms with van der Waals surface area (Å²) in [5.74, 6) is -0.531.